The van der Waals surface area contributed by atoms with Crippen molar-refractivity contribution >= 4 is 12.2 Å². The number of carbonyl (C=O) groups excluding carboxylic acids is 2. The van der Waals surface area contributed by atoms with Crippen molar-refractivity contribution in [2.24, 2.45) is 0 Å². The van der Waals surface area contributed by atoms with Crippen LogP contribution in [0.25, 0.3) is 0 Å². The SMILES string of the molecule is CCCCc1ccc(C)cc1.N=C=O.N=C=O. The maximum atomic E-state index is 8.35. The Balaban J connectivity index is 0. The van der Waals surface area contributed by atoms with Crippen molar-refractivity contribution in [1.29, 1.82) is 10.8 Å². The molecule has 0 amide bonds. The van der Waals surface area contributed by atoms with Crippen molar-refractivity contribution in [2.45, 2.75) is 33.1 Å². The lowest BCUT2D eigenvalue weighted by atomic mass is 10.1. The molecule has 1 aromatic carbocycles. The molecule has 0 bridgehead atoms. The Hall–Kier alpha value is -2.02. The van der Waals surface area contributed by atoms with Gasteiger partial charge in [0.25, 0.3) is 0 Å². The first-order valence-corrected chi connectivity index (χ1v) is 5.29. The largest absolute Gasteiger partial charge is 0.231 e. The fourth-order valence-corrected chi connectivity index (χ4v) is 1.14. The number of unbranched alkanes of at least 4 members (excludes halogenated alkanes) is 1. The summed E-state index contributed by atoms with van der Waals surface area (Å²) in [6, 6.07) is 8.83. The van der Waals surface area contributed by atoms with Gasteiger partial charge in [-0.05, 0) is 25.3 Å². The van der Waals surface area contributed by atoms with Crippen LogP contribution in [0.2, 0.25) is 0 Å². The molecule has 0 aliphatic heterocycles. The number of isocyanates is 2. The molecule has 0 saturated heterocycles. The van der Waals surface area contributed by atoms with Crippen molar-refractivity contribution < 1.29 is 9.59 Å². The van der Waals surface area contributed by atoms with E-state index in [0.717, 1.165) is 12.2 Å². The Morgan fingerprint density at radius 1 is 1.06 bits per heavy atom. The second-order valence-electron chi connectivity index (χ2n) is 3.29. The number of hydrogen-bond acceptors (Lipinski definition) is 4. The fourth-order valence-electron chi connectivity index (χ4n) is 1.14. The van der Waals surface area contributed by atoms with Gasteiger partial charge in [-0.2, -0.15) is 0 Å². The Kier molecular flexibility index (Phi) is 14.3. The van der Waals surface area contributed by atoms with Crippen LogP contribution in [0.5, 0.6) is 0 Å². The molecule has 17 heavy (non-hydrogen) atoms. The standard InChI is InChI=1S/C11H16.2CHNO/c1-3-4-5-11-8-6-10(2)7-9-11;2*2-1-3/h6-9H,3-5H2,1-2H3;2*2H. The summed E-state index contributed by atoms with van der Waals surface area (Å²) < 4.78 is 0. The van der Waals surface area contributed by atoms with Crippen LogP contribution in [0.3, 0.4) is 0 Å². The summed E-state index contributed by atoms with van der Waals surface area (Å²) in [4.78, 5) is 16.7. The number of aryl methyl sites for hydroxylation is 2. The average Bonchev–Trinajstić information content (AvgIpc) is 2.30. The number of nitrogens with one attached hydrogen (secondary N) is 2. The fraction of sp³-hybridized carbons (Fsp3) is 0.385. The molecule has 0 unspecified atom stereocenters. The van der Waals surface area contributed by atoms with E-state index in [1.807, 2.05) is 0 Å². The molecule has 0 aliphatic carbocycles. The van der Waals surface area contributed by atoms with Crippen LogP contribution in [0.15, 0.2) is 24.3 Å². The van der Waals surface area contributed by atoms with Crippen LogP contribution < -0.4 is 0 Å². The lowest BCUT2D eigenvalue weighted by molar-refractivity contribution is 0.562. The summed E-state index contributed by atoms with van der Waals surface area (Å²) in [6.45, 7) is 4.36. The highest BCUT2D eigenvalue weighted by Crippen LogP contribution is 2.06. The quantitative estimate of drug-likeness (QED) is 0.622. The summed E-state index contributed by atoms with van der Waals surface area (Å²) in [5.41, 5.74) is 2.82. The molecule has 0 atom stereocenters. The molecule has 0 saturated carbocycles. The van der Waals surface area contributed by atoms with Crippen molar-refractivity contribution in [1.82, 2.24) is 0 Å². The van der Waals surface area contributed by atoms with E-state index in [-0.39, 0.29) is 0 Å². The number of rotatable bonds is 3. The highest BCUT2D eigenvalue weighted by molar-refractivity contribution is 5.26. The van der Waals surface area contributed by atoms with Gasteiger partial charge in [0, 0.05) is 0 Å². The van der Waals surface area contributed by atoms with Gasteiger partial charge in [0.1, 0.15) is 0 Å². The number of benzene rings is 1. The molecule has 1 aromatic rings. The van der Waals surface area contributed by atoms with Gasteiger partial charge < -0.3 is 0 Å². The first-order chi connectivity index (χ1) is 8.15. The summed E-state index contributed by atoms with van der Waals surface area (Å²) in [6.07, 6.45) is 5.33. The average molecular weight is 234 g/mol. The van der Waals surface area contributed by atoms with E-state index in [4.69, 9.17) is 20.4 Å². The van der Waals surface area contributed by atoms with E-state index >= 15 is 0 Å². The predicted octanol–water partition coefficient (Wildman–Crippen LogP) is 3.14. The normalized spacial score (nSPS) is 7.41. The van der Waals surface area contributed by atoms with E-state index in [2.05, 4.69) is 38.1 Å². The van der Waals surface area contributed by atoms with Crippen LogP contribution in [-0.2, 0) is 16.0 Å². The molecule has 1 rings (SSSR count). The van der Waals surface area contributed by atoms with Crippen LogP contribution in [0.1, 0.15) is 30.9 Å². The van der Waals surface area contributed by atoms with Gasteiger partial charge in [-0.1, -0.05) is 43.2 Å². The smallest absolute Gasteiger partial charge is 0.222 e. The third kappa shape index (κ3) is 14.0. The molecule has 4 heteroatoms. The zero-order chi connectivity index (χ0) is 13.5. The van der Waals surface area contributed by atoms with Gasteiger partial charge in [-0.3, -0.25) is 0 Å². The van der Waals surface area contributed by atoms with E-state index in [0.29, 0.717) is 0 Å². The highest BCUT2D eigenvalue weighted by Gasteiger charge is 1.90. The van der Waals surface area contributed by atoms with Crippen molar-refractivity contribution in [3.8, 4) is 0 Å². The van der Waals surface area contributed by atoms with Gasteiger partial charge in [-0.25, -0.2) is 20.4 Å². The molecule has 0 aromatic heterocycles. The first-order valence-electron chi connectivity index (χ1n) is 5.29. The Labute approximate surface area is 102 Å². The molecule has 92 valence electrons. The van der Waals surface area contributed by atoms with Crippen LogP contribution in [0, 0.1) is 17.7 Å². The Bertz CT molecular complexity index is 334. The van der Waals surface area contributed by atoms with E-state index in [1.165, 1.54) is 30.4 Å². The molecular weight excluding hydrogens is 216 g/mol. The lowest BCUT2D eigenvalue weighted by Crippen LogP contribution is -1.83. The first kappa shape index (κ1) is 17.4. The number of hydrogen-bond donors (Lipinski definition) is 2. The monoisotopic (exact) mass is 234 g/mol. The molecule has 0 spiro atoms. The molecule has 0 aliphatic rings. The minimum Gasteiger partial charge on any atom is -0.222 e. The third-order valence-electron chi connectivity index (χ3n) is 1.94. The van der Waals surface area contributed by atoms with Crippen LogP contribution in [0.4, 0.5) is 0 Å². The minimum absolute atomic E-state index is 0.750. The maximum Gasteiger partial charge on any atom is 0.231 e. The van der Waals surface area contributed by atoms with E-state index in [1.54, 1.807) is 0 Å². The second kappa shape index (κ2) is 14.0. The molecule has 2 N–H and O–H groups in total. The minimum atomic E-state index is 0.750. The summed E-state index contributed by atoms with van der Waals surface area (Å²) in [5, 5.41) is 10.8. The second-order valence-corrected chi connectivity index (χ2v) is 3.29. The van der Waals surface area contributed by atoms with E-state index < -0.39 is 0 Å². The van der Waals surface area contributed by atoms with Gasteiger partial charge in [0.05, 0.1) is 0 Å². The molecule has 4 nitrogen and oxygen atoms in total. The van der Waals surface area contributed by atoms with Crippen molar-refractivity contribution in [3.05, 3.63) is 35.4 Å². The topological polar surface area (TPSA) is 81.8 Å². The van der Waals surface area contributed by atoms with Crippen molar-refractivity contribution in [3.63, 3.8) is 0 Å². The molecule has 0 radical (unpaired) electrons. The third-order valence-corrected chi connectivity index (χ3v) is 1.94. The van der Waals surface area contributed by atoms with Gasteiger partial charge in [-0.15, -0.1) is 0 Å². The summed E-state index contributed by atoms with van der Waals surface area (Å²) >= 11 is 0. The van der Waals surface area contributed by atoms with Gasteiger partial charge in [0.15, 0.2) is 0 Å². The Morgan fingerprint density at radius 2 is 1.47 bits per heavy atom. The zero-order valence-corrected chi connectivity index (χ0v) is 10.2. The van der Waals surface area contributed by atoms with Crippen molar-refractivity contribution in [2.75, 3.05) is 0 Å². The van der Waals surface area contributed by atoms with Gasteiger partial charge in [0.2, 0.25) is 12.2 Å². The van der Waals surface area contributed by atoms with Gasteiger partial charge >= 0.3 is 0 Å². The zero-order valence-electron chi connectivity index (χ0n) is 10.2. The maximum absolute atomic E-state index is 8.35. The molecule has 0 fully saturated rings. The highest BCUT2D eigenvalue weighted by atomic mass is 16.1. The summed E-state index contributed by atoms with van der Waals surface area (Å²) in [5.74, 6) is 0. The molecule has 0 heterocycles. The van der Waals surface area contributed by atoms with Crippen LogP contribution in [-0.4, -0.2) is 12.2 Å². The Morgan fingerprint density at radius 3 is 1.82 bits per heavy atom. The lowest BCUT2D eigenvalue weighted by Gasteiger charge is -1.99. The van der Waals surface area contributed by atoms with Crippen LogP contribution >= 0.6 is 0 Å². The molecular formula is C13H18N2O2. The summed E-state index contributed by atoms with van der Waals surface area (Å²) in [7, 11) is 0. The van der Waals surface area contributed by atoms with E-state index in [9.17, 15) is 0 Å². The predicted molar refractivity (Wildman–Crippen MR) is 66.6 cm³/mol.